The standard InChI is InChI=1S/C15H22O/c1-14(2,3)12-9-7-8-11(10-16)13(12)15(4,5)6/h7-10H,1-6H3. The zero-order chi connectivity index (χ0) is 12.6. The van der Waals surface area contributed by atoms with Gasteiger partial charge in [0.25, 0.3) is 0 Å². The minimum Gasteiger partial charge on any atom is -0.298 e. The summed E-state index contributed by atoms with van der Waals surface area (Å²) in [6.45, 7) is 13.0. The van der Waals surface area contributed by atoms with E-state index in [1.165, 1.54) is 11.1 Å². The van der Waals surface area contributed by atoms with Crippen molar-refractivity contribution < 1.29 is 4.79 Å². The number of hydrogen-bond acceptors (Lipinski definition) is 1. The number of carbonyl (C=O) groups excluding carboxylic acids is 1. The zero-order valence-corrected chi connectivity index (χ0v) is 11.2. The van der Waals surface area contributed by atoms with E-state index in [-0.39, 0.29) is 10.8 Å². The van der Waals surface area contributed by atoms with Crippen molar-refractivity contribution in [3.63, 3.8) is 0 Å². The lowest BCUT2D eigenvalue weighted by atomic mass is 9.73. The highest BCUT2D eigenvalue weighted by Gasteiger charge is 2.27. The molecule has 0 unspecified atom stereocenters. The van der Waals surface area contributed by atoms with Crippen molar-refractivity contribution in [2.24, 2.45) is 0 Å². The topological polar surface area (TPSA) is 17.1 Å². The molecule has 1 rings (SSSR count). The smallest absolute Gasteiger partial charge is 0.150 e. The molecule has 0 bridgehead atoms. The number of rotatable bonds is 1. The summed E-state index contributed by atoms with van der Waals surface area (Å²) >= 11 is 0. The molecule has 0 aromatic heterocycles. The van der Waals surface area contributed by atoms with Gasteiger partial charge in [-0.2, -0.15) is 0 Å². The van der Waals surface area contributed by atoms with Crippen molar-refractivity contribution in [2.75, 3.05) is 0 Å². The highest BCUT2D eigenvalue weighted by atomic mass is 16.1. The molecule has 1 heteroatoms. The van der Waals surface area contributed by atoms with Gasteiger partial charge < -0.3 is 0 Å². The fourth-order valence-corrected chi connectivity index (χ4v) is 2.13. The first kappa shape index (κ1) is 13.0. The van der Waals surface area contributed by atoms with E-state index in [1.807, 2.05) is 12.1 Å². The third-order valence-corrected chi connectivity index (χ3v) is 2.78. The van der Waals surface area contributed by atoms with Gasteiger partial charge in [0, 0.05) is 5.56 Å². The number of hydrogen-bond donors (Lipinski definition) is 0. The predicted molar refractivity (Wildman–Crippen MR) is 69.2 cm³/mol. The van der Waals surface area contributed by atoms with Crippen molar-refractivity contribution in [2.45, 2.75) is 52.4 Å². The highest BCUT2D eigenvalue weighted by Crippen LogP contribution is 2.35. The molecule has 0 saturated heterocycles. The van der Waals surface area contributed by atoms with Crippen LogP contribution in [0.4, 0.5) is 0 Å². The average molecular weight is 218 g/mol. The van der Waals surface area contributed by atoms with Crippen LogP contribution in [-0.2, 0) is 10.8 Å². The number of carbonyl (C=O) groups is 1. The Hall–Kier alpha value is -1.11. The quantitative estimate of drug-likeness (QED) is 0.649. The van der Waals surface area contributed by atoms with E-state index in [4.69, 9.17) is 0 Å². The monoisotopic (exact) mass is 218 g/mol. The van der Waals surface area contributed by atoms with E-state index in [0.717, 1.165) is 11.8 Å². The third kappa shape index (κ3) is 2.52. The van der Waals surface area contributed by atoms with Crippen LogP contribution in [0.2, 0.25) is 0 Å². The third-order valence-electron chi connectivity index (χ3n) is 2.78. The molecule has 0 amide bonds. The van der Waals surface area contributed by atoms with Gasteiger partial charge >= 0.3 is 0 Å². The van der Waals surface area contributed by atoms with Crippen molar-refractivity contribution in [3.8, 4) is 0 Å². The fraction of sp³-hybridized carbons (Fsp3) is 0.533. The van der Waals surface area contributed by atoms with Crippen molar-refractivity contribution in [1.29, 1.82) is 0 Å². The summed E-state index contributed by atoms with van der Waals surface area (Å²) < 4.78 is 0. The maximum Gasteiger partial charge on any atom is 0.150 e. The Balaban J connectivity index is 3.57. The second kappa shape index (κ2) is 4.04. The van der Waals surface area contributed by atoms with E-state index < -0.39 is 0 Å². The van der Waals surface area contributed by atoms with E-state index in [2.05, 4.69) is 47.6 Å². The minimum atomic E-state index is 0.000116. The van der Waals surface area contributed by atoms with Gasteiger partial charge in [0.15, 0.2) is 0 Å². The van der Waals surface area contributed by atoms with Gasteiger partial charge in [0.1, 0.15) is 6.29 Å². The molecular weight excluding hydrogens is 196 g/mol. The van der Waals surface area contributed by atoms with Crippen LogP contribution < -0.4 is 0 Å². The molecule has 88 valence electrons. The van der Waals surface area contributed by atoms with Crippen LogP contribution in [0.25, 0.3) is 0 Å². The summed E-state index contributed by atoms with van der Waals surface area (Å²) in [6, 6.07) is 6.01. The Kier molecular flexibility index (Phi) is 3.27. The Morgan fingerprint density at radius 3 is 1.88 bits per heavy atom. The van der Waals surface area contributed by atoms with Crippen LogP contribution in [0.1, 0.15) is 63.0 Å². The molecule has 0 aliphatic heterocycles. The lowest BCUT2D eigenvalue weighted by molar-refractivity contribution is 0.112. The number of aldehydes is 1. The van der Waals surface area contributed by atoms with Gasteiger partial charge in [0.2, 0.25) is 0 Å². The van der Waals surface area contributed by atoms with Crippen LogP contribution in [0, 0.1) is 0 Å². The van der Waals surface area contributed by atoms with Gasteiger partial charge in [0.05, 0.1) is 0 Å². The fourth-order valence-electron chi connectivity index (χ4n) is 2.13. The van der Waals surface area contributed by atoms with E-state index in [0.29, 0.717) is 0 Å². The van der Waals surface area contributed by atoms with Gasteiger partial charge in [-0.1, -0.05) is 59.7 Å². The van der Waals surface area contributed by atoms with Gasteiger partial charge in [-0.3, -0.25) is 4.79 Å². The maximum absolute atomic E-state index is 11.2. The Labute approximate surface area is 98.9 Å². The van der Waals surface area contributed by atoms with E-state index >= 15 is 0 Å². The lowest BCUT2D eigenvalue weighted by Crippen LogP contribution is -2.23. The molecule has 16 heavy (non-hydrogen) atoms. The minimum absolute atomic E-state index is 0.000116. The molecule has 0 heterocycles. The van der Waals surface area contributed by atoms with Crippen LogP contribution in [0.3, 0.4) is 0 Å². The first-order valence-electron chi connectivity index (χ1n) is 5.77. The summed E-state index contributed by atoms with van der Waals surface area (Å²) in [6.07, 6.45) is 0.968. The molecule has 1 nitrogen and oxygen atoms in total. The molecule has 1 aromatic rings. The molecule has 0 N–H and O–H groups in total. The number of benzene rings is 1. The first-order valence-corrected chi connectivity index (χ1v) is 5.77. The molecule has 0 fully saturated rings. The molecule has 0 atom stereocenters. The maximum atomic E-state index is 11.2. The summed E-state index contributed by atoms with van der Waals surface area (Å²) in [5.41, 5.74) is 3.34. The normalized spacial score (nSPS) is 12.6. The van der Waals surface area contributed by atoms with Crippen LogP contribution in [-0.4, -0.2) is 6.29 Å². The van der Waals surface area contributed by atoms with Crippen LogP contribution in [0.5, 0.6) is 0 Å². The van der Waals surface area contributed by atoms with E-state index in [9.17, 15) is 4.79 Å². The Bertz CT molecular complexity index is 389. The zero-order valence-electron chi connectivity index (χ0n) is 11.2. The summed E-state index contributed by atoms with van der Waals surface area (Å²) in [5.74, 6) is 0. The van der Waals surface area contributed by atoms with Crippen molar-refractivity contribution in [3.05, 3.63) is 34.9 Å². The largest absolute Gasteiger partial charge is 0.298 e. The summed E-state index contributed by atoms with van der Waals surface area (Å²) in [5, 5.41) is 0. The molecule has 0 aliphatic carbocycles. The lowest BCUT2D eigenvalue weighted by Gasteiger charge is -2.31. The SMILES string of the molecule is CC(C)(C)c1cccc(C=O)c1C(C)(C)C. The predicted octanol–water partition coefficient (Wildman–Crippen LogP) is 4.09. The first-order chi connectivity index (χ1) is 7.18. The summed E-state index contributed by atoms with van der Waals surface area (Å²) in [4.78, 5) is 11.2. The van der Waals surface area contributed by atoms with Crippen molar-refractivity contribution >= 4 is 6.29 Å². The molecule has 0 spiro atoms. The molecule has 0 radical (unpaired) electrons. The van der Waals surface area contributed by atoms with Crippen LogP contribution >= 0.6 is 0 Å². The second-order valence-electron chi connectivity index (χ2n) is 6.39. The van der Waals surface area contributed by atoms with Crippen LogP contribution in [0.15, 0.2) is 18.2 Å². The van der Waals surface area contributed by atoms with Gasteiger partial charge in [-0.15, -0.1) is 0 Å². The molecule has 1 aromatic carbocycles. The summed E-state index contributed by atoms with van der Waals surface area (Å²) in [7, 11) is 0. The molecular formula is C15H22O. The Morgan fingerprint density at radius 1 is 0.938 bits per heavy atom. The van der Waals surface area contributed by atoms with Gasteiger partial charge in [-0.25, -0.2) is 0 Å². The molecule has 0 aliphatic rings. The average Bonchev–Trinajstić information content (AvgIpc) is 2.13. The van der Waals surface area contributed by atoms with E-state index in [1.54, 1.807) is 0 Å². The van der Waals surface area contributed by atoms with Crippen molar-refractivity contribution in [1.82, 2.24) is 0 Å². The Morgan fingerprint density at radius 2 is 1.50 bits per heavy atom. The van der Waals surface area contributed by atoms with Gasteiger partial charge in [-0.05, 0) is 22.0 Å². The second-order valence-corrected chi connectivity index (χ2v) is 6.39. The highest BCUT2D eigenvalue weighted by molar-refractivity contribution is 5.79. The molecule has 0 saturated carbocycles.